The van der Waals surface area contributed by atoms with Gasteiger partial charge in [0.2, 0.25) is 0 Å². The Balaban J connectivity index is 4.24. The molecule has 0 saturated carbocycles. The number of hydrogen-bond donors (Lipinski definition) is 1. The molecule has 6 heteroatoms. The molecule has 0 aromatic carbocycles. The molecule has 0 fully saturated rings. The number of hydrogen-bond acceptors (Lipinski definition) is 3. The van der Waals surface area contributed by atoms with E-state index < -0.39 is 24.4 Å². The van der Waals surface area contributed by atoms with E-state index in [1.165, 1.54) is 21.0 Å². The number of nitrogens with two attached hydrogens (primary N) is 1. The van der Waals surface area contributed by atoms with Crippen LogP contribution in [0, 0.1) is 0 Å². The van der Waals surface area contributed by atoms with Gasteiger partial charge in [0.15, 0.2) is 6.10 Å². The molecule has 0 rings (SSSR count). The normalized spacial score (nSPS) is 19.1. The SMILES string of the molecule is COCC(C)OC(C(C)N)C(F)(F)F. The zero-order chi connectivity index (χ0) is 11.4. The number of alkyl halides is 3. The van der Waals surface area contributed by atoms with Gasteiger partial charge in [-0.05, 0) is 13.8 Å². The Hall–Kier alpha value is -0.330. The highest BCUT2D eigenvalue weighted by molar-refractivity contribution is 4.77. The topological polar surface area (TPSA) is 44.5 Å². The van der Waals surface area contributed by atoms with Gasteiger partial charge in [0.05, 0.1) is 12.7 Å². The third kappa shape index (κ3) is 4.78. The van der Waals surface area contributed by atoms with Crippen molar-refractivity contribution in [1.29, 1.82) is 0 Å². The van der Waals surface area contributed by atoms with Gasteiger partial charge in [-0.15, -0.1) is 0 Å². The Morgan fingerprint density at radius 3 is 2.07 bits per heavy atom. The minimum atomic E-state index is -4.43. The van der Waals surface area contributed by atoms with Crippen molar-refractivity contribution in [2.45, 2.75) is 38.3 Å². The summed E-state index contributed by atoms with van der Waals surface area (Å²) in [5.41, 5.74) is 5.18. The molecule has 0 aromatic heterocycles. The smallest absolute Gasteiger partial charge is 0.382 e. The maximum atomic E-state index is 12.3. The monoisotopic (exact) mass is 215 g/mol. The van der Waals surface area contributed by atoms with E-state index in [4.69, 9.17) is 10.5 Å². The lowest BCUT2D eigenvalue weighted by Crippen LogP contribution is -2.47. The van der Waals surface area contributed by atoms with E-state index in [9.17, 15) is 13.2 Å². The van der Waals surface area contributed by atoms with Crippen molar-refractivity contribution in [3.05, 3.63) is 0 Å². The van der Waals surface area contributed by atoms with Crippen molar-refractivity contribution >= 4 is 0 Å². The summed E-state index contributed by atoms with van der Waals surface area (Å²) >= 11 is 0. The van der Waals surface area contributed by atoms with Crippen molar-refractivity contribution < 1.29 is 22.6 Å². The average molecular weight is 215 g/mol. The number of ether oxygens (including phenoxy) is 2. The molecule has 0 radical (unpaired) electrons. The van der Waals surface area contributed by atoms with Crippen molar-refractivity contribution in [2.24, 2.45) is 5.73 Å². The summed E-state index contributed by atoms with van der Waals surface area (Å²) in [6, 6.07) is -1.09. The van der Waals surface area contributed by atoms with Crippen molar-refractivity contribution in [3.63, 3.8) is 0 Å². The van der Waals surface area contributed by atoms with Gasteiger partial charge in [0.1, 0.15) is 0 Å². The molecule has 0 aliphatic heterocycles. The molecule has 86 valence electrons. The molecule has 0 spiro atoms. The summed E-state index contributed by atoms with van der Waals surface area (Å²) in [6.07, 6.45) is -7.00. The standard InChI is InChI=1S/C8H16F3NO2/c1-5(4-13-3)14-7(6(2)12)8(9,10)11/h5-7H,4,12H2,1-3H3. The first-order valence-corrected chi connectivity index (χ1v) is 4.25. The number of rotatable bonds is 5. The number of methoxy groups -OCH3 is 1. The van der Waals surface area contributed by atoms with Gasteiger partial charge in [-0.2, -0.15) is 13.2 Å². The Labute approximate surface area is 81.4 Å². The molecular weight excluding hydrogens is 199 g/mol. The van der Waals surface area contributed by atoms with Crippen LogP contribution in [-0.2, 0) is 9.47 Å². The van der Waals surface area contributed by atoms with Gasteiger partial charge in [0, 0.05) is 13.2 Å². The summed E-state index contributed by atoms with van der Waals surface area (Å²) in [6.45, 7) is 2.88. The van der Waals surface area contributed by atoms with Gasteiger partial charge >= 0.3 is 6.18 Å². The third-order valence-corrected chi connectivity index (χ3v) is 1.58. The van der Waals surface area contributed by atoms with Crippen LogP contribution in [0.5, 0.6) is 0 Å². The molecule has 3 unspecified atom stereocenters. The maximum absolute atomic E-state index is 12.3. The van der Waals surface area contributed by atoms with Gasteiger partial charge in [-0.25, -0.2) is 0 Å². The quantitative estimate of drug-likeness (QED) is 0.752. The van der Waals surface area contributed by atoms with Gasteiger partial charge in [-0.1, -0.05) is 0 Å². The van der Waals surface area contributed by atoms with Crippen LogP contribution in [0.3, 0.4) is 0 Å². The summed E-state index contributed by atoms with van der Waals surface area (Å²) < 4.78 is 46.4. The summed E-state index contributed by atoms with van der Waals surface area (Å²) in [7, 11) is 1.40. The Bertz CT molecular complexity index is 161. The summed E-state index contributed by atoms with van der Waals surface area (Å²) in [4.78, 5) is 0. The Morgan fingerprint density at radius 1 is 1.29 bits per heavy atom. The lowest BCUT2D eigenvalue weighted by molar-refractivity contribution is -0.239. The highest BCUT2D eigenvalue weighted by Gasteiger charge is 2.43. The van der Waals surface area contributed by atoms with E-state index in [-0.39, 0.29) is 6.61 Å². The van der Waals surface area contributed by atoms with E-state index in [0.29, 0.717) is 0 Å². The molecule has 3 nitrogen and oxygen atoms in total. The number of halogens is 3. The van der Waals surface area contributed by atoms with Crippen LogP contribution >= 0.6 is 0 Å². The first-order valence-electron chi connectivity index (χ1n) is 4.25. The largest absolute Gasteiger partial charge is 0.416 e. The summed E-state index contributed by atoms with van der Waals surface area (Å²) in [5, 5.41) is 0. The second-order valence-electron chi connectivity index (χ2n) is 3.22. The second-order valence-corrected chi connectivity index (χ2v) is 3.22. The Morgan fingerprint density at radius 2 is 1.79 bits per heavy atom. The fourth-order valence-electron chi connectivity index (χ4n) is 1.02. The maximum Gasteiger partial charge on any atom is 0.416 e. The molecule has 0 amide bonds. The molecule has 2 N–H and O–H groups in total. The average Bonchev–Trinajstić information content (AvgIpc) is 1.98. The van der Waals surface area contributed by atoms with E-state index in [1.807, 2.05) is 0 Å². The van der Waals surface area contributed by atoms with E-state index in [2.05, 4.69) is 4.74 Å². The van der Waals surface area contributed by atoms with E-state index >= 15 is 0 Å². The van der Waals surface area contributed by atoms with Crippen LogP contribution in [0.25, 0.3) is 0 Å². The fraction of sp³-hybridized carbons (Fsp3) is 1.00. The summed E-state index contributed by atoms with van der Waals surface area (Å²) in [5.74, 6) is 0. The molecule has 0 aliphatic carbocycles. The van der Waals surface area contributed by atoms with Gasteiger partial charge in [0.25, 0.3) is 0 Å². The molecule has 0 heterocycles. The molecule has 0 bridgehead atoms. The highest BCUT2D eigenvalue weighted by atomic mass is 19.4. The predicted molar refractivity (Wildman–Crippen MR) is 45.9 cm³/mol. The zero-order valence-electron chi connectivity index (χ0n) is 8.47. The lowest BCUT2D eigenvalue weighted by atomic mass is 10.2. The van der Waals surface area contributed by atoms with Crippen LogP contribution in [0.4, 0.5) is 13.2 Å². The van der Waals surface area contributed by atoms with Crippen LogP contribution < -0.4 is 5.73 Å². The molecular formula is C8H16F3NO2. The van der Waals surface area contributed by atoms with Gasteiger partial charge in [-0.3, -0.25) is 0 Å². The molecule has 14 heavy (non-hydrogen) atoms. The van der Waals surface area contributed by atoms with Crippen molar-refractivity contribution in [1.82, 2.24) is 0 Å². The van der Waals surface area contributed by atoms with Crippen LogP contribution in [-0.4, -0.2) is 38.1 Å². The van der Waals surface area contributed by atoms with Crippen molar-refractivity contribution in [2.75, 3.05) is 13.7 Å². The molecule has 0 saturated heterocycles. The lowest BCUT2D eigenvalue weighted by Gasteiger charge is -2.26. The van der Waals surface area contributed by atoms with Crippen LogP contribution in [0.15, 0.2) is 0 Å². The predicted octanol–water partition coefficient (Wildman–Crippen LogP) is 1.32. The van der Waals surface area contributed by atoms with Crippen LogP contribution in [0.1, 0.15) is 13.8 Å². The van der Waals surface area contributed by atoms with E-state index in [0.717, 1.165) is 0 Å². The van der Waals surface area contributed by atoms with Gasteiger partial charge < -0.3 is 15.2 Å². The molecule has 3 atom stereocenters. The molecule has 0 aliphatic rings. The van der Waals surface area contributed by atoms with Crippen molar-refractivity contribution in [3.8, 4) is 0 Å². The first-order chi connectivity index (χ1) is 6.29. The third-order valence-electron chi connectivity index (χ3n) is 1.58. The minimum Gasteiger partial charge on any atom is -0.382 e. The van der Waals surface area contributed by atoms with Crippen LogP contribution in [0.2, 0.25) is 0 Å². The first kappa shape index (κ1) is 13.7. The minimum absolute atomic E-state index is 0.110. The fourth-order valence-corrected chi connectivity index (χ4v) is 1.02. The Kier molecular flexibility index (Phi) is 5.40. The highest BCUT2D eigenvalue weighted by Crippen LogP contribution is 2.25. The molecule has 0 aromatic rings. The van der Waals surface area contributed by atoms with E-state index in [1.54, 1.807) is 0 Å². The zero-order valence-corrected chi connectivity index (χ0v) is 8.47. The second kappa shape index (κ2) is 5.53.